The number of benzene rings is 2. The smallest absolute Gasteiger partial charge is 0.140 e. The van der Waals surface area contributed by atoms with Crippen LogP contribution in [0, 0.1) is 20.7 Å². The Labute approximate surface area is 129 Å². The first-order valence-corrected chi connectivity index (χ1v) is 6.93. The molecule has 0 saturated carbocycles. The number of rotatable bonds is 3. The molecule has 0 unspecified atom stereocenters. The molecule has 2 rings (SSSR count). The summed E-state index contributed by atoms with van der Waals surface area (Å²) in [5, 5.41) is 12.6. The van der Waals surface area contributed by atoms with Crippen LogP contribution in [0.25, 0.3) is 0 Å². The van der Waals surface area contributed by atoms with Crippen LogP contribution < -0.4 is 5.32 Å². The summed E-state index contributed by atoms with van der Waals surface area (Å²) >= 11 is 8.28. The van der Waals surface area contributed by atoms with E-state index in [4.69, 9.17) is 16.9 Å². The maximum absolute atomic E-state index is 13.2. The van der Waals surface area contributed by atoms with Crippen molar-refractivity contribution >= 4 is 39.9 Å². The molecule has 0 radical (unpaired) electrons. The van der Waals surface area contributed by atoms with Gasteiger partial charge in [-0.3, -0.25) is 0 Å². The SMILES string of the molecule is N#Cc1cc(CNc2ccc(I)cc2Cl)ccc1F. The normalized spacial score (nSPS) is 10.0. The van der Waals surface area contributed by atoms with Crippen molar-refractivity contribution in [3.63, 3.8) is 0 Å². The predicted molar refractivity (Wildman–Crippen MR) is 82.6 cm³/mol. The first-order chi connectivity index (χ1) is 9.10. The Balaban J connectivity index is 2.13. The average molecular weight is 387 g/mol. The van der Waals surface area contributed by atoms with Gasteiger partial charge in [-0.1, -0.05) is 17.7 Å². The second-order valence-electron chi connectivity index (χ2n) is 3.90. The van der Waals surface area contributed by atoms with Gasteiger partial charge in [-0.15, -0.1) is 0 Å². The molecule has 2 aromatic rings. The fourth-order valence-corrected chi connectivity index (χ4v) is 2.52. The third-order valence-electron chi connectivity index (χ3n) is 2.57. The Morgan fingerprint density at radius 2 is 2.05 bits per heavy atom. The largest absolute Gasteiger partial charge is 0.380 e. The molecule has 0 spiro atoms. The summed E-state index contributed by atoms with van der Waals surface area (Å²) in [4.78, 5) is 0. The van der Waals surface area contributed by atoms with Gasteiger partial charge in [0.05, 0.1) is 16.3 Å². The van der Waals surface area contributed by atoms with Crippen LogP contribution in [0.2, 0.25) is 5.02 Å². The van der Waals surface area contributed by atoms with Crippen molar-refractivity contribution in [2.45, 2.75) is 6.54 Å². The Morgan fingerprint density at radius 1 is 1.26 bits per heavy atom. The van der Waals surface area contributed by atoms with Gasteiger partial charge in [0.25, 0.3) is 0 Å². The minimum Gasteiger partial charge on any atom is -0.380 e. The maximum Gasteiger partial charge on any atom is 0.140 e. The lowest BCUT2D eigenvalue weighted by Crippen LogP contribution is -2.01. The molecule has 0 fully saturated rings. The van der Waals surface area contributed by atoms with Crippen LogP contribution >= 0.6 is 34.2 Å². The van der Waals surface area contributed by atoms with Crippen LogP contribution in [0.1, 0.15) is 11.1 Å². The molecule has 0 aromatic heterocycles. The Morgan fingerprint density at radius 3 is 2.74 bits per heavy atom. The Bertz CT molecular complexity index is 652. The second kappa shape index (κ2) is 6.22. The van der Waals surface area contributed by atoms with E-state index in [1.54, 1.807) is 6.07 Å². The van der Waals surface area contributed by atoms with E-state index in [-0.39, 0.29) is 5.56 Å². The lowest BCUT2D eigenvalue weighted by molar-refractivity contribution is 0.623. The van der Waals surface area contributed by atoms with Gasteiger partial charge < -0.3 is 5.32 Å². The zero-order valence-corrected chi connectivity index (χ0v) is 12.7. The van der Waals surface area contributed by atoms with Crippen LogP contribution in [0.3, 0.4) is 0 Å². The van der Waals surface area contributed by atoms with Crippen molar-refractivity contribution < 1.29 is 4.39 Å². The lowest BCUT2D eigenvalue weighted by Gasteiger charge is -2.09. The van der Waals surface area contributed by atoms with Crippen molar-refractivity contribution in [3.05, 3.63) is 61.9 Å². The Kier molecular flexibility index (Phi) is 4.61. The minimum atomic E-state index is -0.501. The fourth-order valence-electron chi connectivity index (χ4n) is 1.60. The second-order valence-corrected chi connectivity index (χ2v) is 5.56. The van der Waals surface area contributed by atoms with Gasteiger partial charge in [-0.25, -0.2) is 4.39 Å². The van der Waals surface area contributed by atoms with Crippen LogP contribution in [0.5, 0.6) is 0 Å². The van der Waals surface area contributed by atoms with Gasteiger partial charge >= 0.3 is 0 Å². The number of nitriles is 1. The van der Waals surface area contributed by atoms with E-state index in [0.29, 0.717) is 11.6 Å². The number of hydrogen-bond donors (Lipinski definition) is 1. The van der Waals surface area contributed by atoms with Gasteiger partial charge in [0, 0.05) is 10.1 Å². The van der Waals surface area contributed by atoms with Gasteiger partial charge in [-0.2, -0.15) is 5.26 Å². The highest BCUT2D eigenvalue weighted by molar-refractivity contribution is 14.1. The van der Waals surface area contributed by atoms with Crippen molar-refractivity contribution in [2.75, 3.05) is 5.32 Å². The average Bonchev–Trinajstić information content (AvgIpc) is 2.39. The molecule has 5 heteroatoms. The quantitative estimate of drug-likeness (QED) is 0.785. The standard InChI is InChI=1S/C14H9ClFIN2/c15-12-6-11(17)2-4-14(12)19-8-9-1-3-13(16)10(5-9)7-18/h1-6,19H,8H2. The summed E-state index contributed by atoms with van der Waals surface area (Å²) in [6.45, 7) is 0.481. The highest BCUT2D eigenvalue weighted by atomic mass is 127. The molecule has 0 aliphatic rings. The summed E-state index contributed by atoms with van der Waals surface area (Å²) in [6, 6.07) is 12.0. The van der Waals surface area contributed by atoms with E-state index in [1.165, 1.54) is 12.1 Å². The summed E-state index contributed by atoms with van der Waals surface area (Å²) in [7, 11) is 0. The third-order valence-corrected chi connectivity index (χ3v) is 3.55. The van der Waals surface area contributed by atoms with Gasteiger partial charge in [0.15, 0.2) is 0 Å². The highest BCUT2D eigenvalue weighted by Gasteiger charge is 2.04. The molecule has 19 heavy (non-hydrogen) atoms. The first kappa shape index (κ1) is 14.1. The van der Waals surface area contributed by atoms with Gasteiger partial charge in [-0.05, 0) is 58.5 Å². The molecule has 2 nitrogen and oxygen atoms in total. The molecular formula is C14H9ClFIN2. The molecule has 0 saturated heterocycles. The fraction of sp³-hybridized carbons (Fsp3) is 0.0714. The molecule has 0 amide bonds. The van der Waals surface area contributed by atoms with Crippen LogP contribution in [-0.4, -0.2) is 0 Å². The molecule has 2 aromatic carbocycles. The zero-order chi connectivity index (χ0) is 13.8. The lowest BCUT2D eigenvalue weighted by atomic mass is 10.1. The number of halogens is 3. The summed E-state index contributed by atoms with van der Waals surface area (Å²) in [5.41, 5.74) is 1.69. The van der Waals surface area contributed by atoms with Crippen LogP contribution in [-0.2, 0) is 6.54 Å². The molecule has 96 valence electrons. The molecule has 0 atom stereocenters. The molecule has 0 heterocycles. The molecule has 0 bridgehead atoms. The van der Waals surface area contributed by atoms with E-state index in [2.05, 4.69) is 27.9 Å². The van der Waals surface area contributed by atoms with E-state index >= 15 is 0 Å². The van der Waals surface area contributed by atoms with Crippen molar-refractivity contribution in [3.8, 4) is 6.07 Å². The van der Waals surface area contributed by atoms with Crippen LogP contribution in [0.15, 0.2) is 36.4 Å². The summed E-state index contributed by atoms with van der Waals surface area (Å²) in [5.74, 6) is -0.501. The number of hydrogen-bond acceptors (Lipinski definition) is 2. The van der Waals surface area contributed by atoms with Gasteiger partial charge in [0.2, 0.25) is 0 Å². The summed E-state index contributed by atoms with van der Waals surface area (Å²) < 4.78 is 14.2. The minimum absolute atomic E-state index is 0.0491. The van der Waals surface area contributed by atoms with Crippen molar-refractivity contribution in [1.82, 2.24) is 0 Å². The van der Waals surface area contributed by atoms with Crippen LogP contribution in [0.4, 0.5) is 10.1 Å². The van der Waals surface area contributed by atoms with Gasteiger partial charge in [0.1, 0.15) is 11.9 Å². The number of nitrogens with zero attached hydrogens (tertiary/aromatic N) is 1. The topological polar surface area (TPSA) is 35.8 Å². The monoisotopic (exact) mass is 386 g/mol. The molecule has 0 aliphatic carbocycles. The zero-order valence-electron chi connectivity index (χ0n) is 9.75. The molecular weight excluding hydrogens is 378 g/mol. The summed E-state index contributed by atoms with van der Waals surface area (Å²) in [6.07, 6.45) is 0. The van der Waals surface area contributed by atoms with E-state index in [9.17, 15) is 4.39 Å². The third kappa shape index (κ3) is 3.58. The van der Waals surface area contributed by atoms with E-state index < -0.39 is 5.82 Å². The number of anilines is 1. The number of nitrogens with one attached hydrogen (secondary N) is 1. The Hall–Kier alpha value is -1.32. The first-order valence-electron chi connectivity index (χ1n) is 5.47. The molecule has 0 aliphatic heterocycles. The van der Waals surface area contributed by atoms with E-state index in [1.807, 2.05) is 24.3 Å². The van der Waals surface area contributed by atoms with Crippen molar-refractivity contribution in [2.24, 2.45) is 0 Å². The predicted octanol–water partition coefficient (Wildman–Crippen LogP) is 4.57. The van der Waals surface area contributed by atoms with Crippen molar-refractivity contribution in [1.29, 1.82) is 5.26 Å². The maximum atomic E-state index is 13.2. The highest BCUT2D eigenvalue weighted by Crippen LogP contribution is 2.24. The molecule has 1 N–H and O–H groups in total. The van der Waals surface area contributed by atoms with E-state index in [0.717, 1.165) is 14.8 Å².